The molecular weight excluding hydrogens is 498 g/mol. The monoisotopic (exact) mass is 533 g/mol. The zero-order valence-electron chi connectivity index (χ0n) is 21.4. The number of carbonyl (C=O) groups is 2. The molecule has 1 N–H and O–H groups in total. The van der Waals surface area contributed by atoms with Crippen LogP contribution < -0.4 is 5.32 Å². The highest BCUT2D eigenvalue weighted by Gasteiger charge is 2.32. The average molecular weight is 534 g/mol. The summed E-state index contributed by atoms with van der Waals surface area (Å²) in [6, 6.07) is 6.02. The van der Waals surface area contributed by atoms with Crippen molar-refractivity contribution >= 4 is 38.2 Å². The van der Waals surface area contributed by atoms with Crippen LogP contribution in [0.1, 0.15) is 65.3 Å². The summed E-state index contributed by atoms with van der Waals surface area (Å²) in [6.45, 7) is 11.8. The zero-order chi connectivity index (χ0) is 26.0. The van der Waals surface area contributed by atoms with Crippen LogP contribution in [0.5, 0.6) is 0 Å². The van der Waals surface area contributed by atoms with Crippen molar-refractivity contribution in [3.63, 3.8) is 0 Å². The lowest BCUT2D eigenvalue weighted by molar-refractivity contribution is 0.0526. The largest absolute Gasteiger partial charge is 0.462 e. The van der Waals surface area contributed by atoms with Crippen molar-refractivity contribution in [1.29, 1.82) is 0 Å². The number of benzene rings is 1. The van der Waals surface area contributed by atoms with E-state index in [1.54, 1.807) is 11.2 Å². The van der Waals surface area contributed by atoms with Gasteiger partial charge in [0, 0.05) is 36.6 Å². The highest BCUT2D eigenvalue weighted by atomic mass is 32.2. The molecule has 0 spiro atoms. The number of hydrogen-bond acceptors (Lipinski definition) is 7. The van der Waals surface area contributed by atoms with Crippen LogP contribution in [0, 0.1) is 11.8 Å². The van der Waals surface area contributed by atoms with Crippen molar-refractivity contribution in [2.45, 2.75) is 52.0 Å². The predicted octanol–water partition coefficient (Wildman–Crippen LogP) is 4.22. The van der Waals surface area contributed by atoms with Crippen molar-refractivity contribution in [2.24, 2.45) is 11.8 Å². The lowest BCUT2D eigenvalue weighted by Crippen LogP contribution is -2.42. The van der Waals surface area contributed by atoms with Crippen molar-refractivity contribution in [3.05, 3.63) is 45.8 Å². The molecule has 1 amide bonds. The maximum atomic E-state index is 13.2. The third kappa shape index (κ3) is 5.51. The van der Waals surface area contributed by atoms with E-state index in [4.69, 9.17) is 4.74 Å². The molecule has 1 saturated heterocycles. The van der Waals surface area contributed by atoms with E-state index in [0.717, 1.165) is 42.9 Å². The van der Waals surface area contributed by atoms with Gasteiger partial charge in [-0.05, 0) is 68.0 Å². The number of carbonyl (C=O) groups excluding carboxylic acids is 2. The molecule has 2 aliphatic rings. The van der Waals surface area contributed by atoms with Gasteiger partial charge in [-0.2, -0.15) is 4.31 Å². The third-order valence-corrected chi connectivity index (χ3v) is 9.86. The lowest BCUT2D eigenvalue weighted by Gasteiger charge is -2.34. The zero-order valence-corrected chi connectivity index (χ0v) is 23.0. The van der Waals surface area contributed by atoms with E-state index in [0.29, 0.717) is 41.1 Å². The molecule has 36 heavy (non-hydrogen) atoms. The van der Waals surface area contributed by atoms with E-state index in [2.05, 4.69) is 31.0 Å². The topological polar surface area (TPSA) is 96.0 Å². The van der Waals surface area contributed by atoms with Gasteiger partial charge in [0.1, 0.15) is 5.00 Å². The highest BCUT2D eigenvalue weighted by molar-refractivity contribution is 7.89. The van der Waals surface area contributed by atoms with Crippen LogP contribution in [0.15, 0.2) is 29.2 Å². The minimum absolute atomic E-state index is 0.179. The van der Waals surface area contributed by atoms with Gasteiger partial charge in [0.15, 0.2) is 0 Å². The molecule has 2 atom stereocenters. The minimum Gasteiger partial charge on any atom is -0.462 e. The lowest BCUT2D eigenvalue weighted by atomic mass is 9.94. The Labute approximate surface area is 217 Å². The second-order valence-electron chi connectivity index (χ2n) is 9.79. The Hall–Kier alpha value is -2.27. The maximum Gasteiger partial charge on any atom is 0.341 e. The van der Waals surface area contributed by atoms with Crippen LogP contribution >= 0.6 is 11.3 Å². The van der Waals surface area contributed by atoms with Crippen LogP contribution in [-0.4, -0.2) is 62.3 Å². The van der Waals surface area contributed by atoms with Crippen LogP contribution in [0.3, 0.4) is 0 Å². The molecule has 1 fully saturated rings. The first-order chi connectivity index (χ1) is 17.1. The van der Waals surface area contributed by atoms with E-state index in [1.165, 1.54) is 35.6 Å². The fourth-order valence-electron chi connectivity index (χ4n) is 5.14. The van der Waals surface area contributed by atoms with Gasteiger partial charge < -0.3 is 10.1 Å². The molecular formula is C26H35N3O5S2. The molecule has 0 aliphatic carbocycles. The summed E-state index contributed by atoms with van der Waals surface area (Å²) >= 11 is 1.41. The normalized spacial score (nSPS) is 21.1. The van der Waals surface area contributed by atoms with Crippen molar-refractivity contribution in [2.75, 3.05) is 38.1 Å². The third-order valence-electron chi connectivity index (χ3n) is 6.88. The smallest absolute Gasteiger partial charge is 0.341 e. The number of ether oxygens (including phenoxy) is 1. The standard InChI is InChI=1S/C26H35N3O5S2/c1-5-28-12-11-21-22(16-28)35-25(23(21)26(31)34-6-2)27-24(30)19-7-9-20(10-8-19)36(32,33)29-14-17(3)13-18(4)15-29/h7-10,17-18H,5-6,11-16H2,1-4H3,(H,27,30)/t17-,18-/m0/s1. The summed E-state index contributed by atoms with van der Waals surface area (Å²) in [4.78, 5) is 29.4. The quantitative estimate of drug-likeness (QED) is 0.536. The van der Waals surface area contributed by atoms with Crippen molar-refractivity contribution in [1.82, 2.24) is 9.21 Å². The number of rotatable bonds is 7. The Morgan fingerprint density at radius 1 is 1.11 bits per heavy atom. The minimum atomic E-state index is -3.63. The predicted molar refractivity (Wildman–Crippen MR) is 141 cm³/mol. The molecule has 0 radical (unpaired) electrons. The second-order valence-corrected chi connectivity index (χ2v) is 12.8. The van der Waals surface area contributed by atoms with E-state index in [-0.39, 0.29) is 11.5 Å². The number of thiophene rings is 1. The van der Waals surface area contributed by atoms with Gasteiger partial charge in [0.25, 0.3) is 5.91 Å². The van der Waals surface area contributed by atoms with E-state index in [1.807, 2.05) is 0 Å². The van der Waals surface area contributed by atoms with Crippen LogP contribution in [0.25, 0.3) is 0 Å². The SMILES string of the molecule is CCOC(=O)c1c(NC(=O)c2ccc(S(=O)(=O)N3C[C@@H](C)C[C@H](C)C3)cc2)sc2c1CCN(CC)C2. The van der Waals surface area contributed by atoms with E-state index >= 15 is 0 Å². The number of sulfonamides is 1. The Morgan fingerprint density at radius 3 is 2.39 bits per heavy atom. The van der Waals surface area contributed by atoms with Gasteiger partial charge in [-0.1, -0.05) is 20.8 Å². The summed E-state index contributed by atoms with van der Waals surface area (Å²) in [7, 11) is -3.63. The molecule has 196 valence electrons. The molecule has 8 nitrogen and oxygen atoms in total. The number of piperidine rings is 1. The van der Waals surface area contributed by atoms with E-state index in [9.17, 15) is 18.0 Å². The Kier molecular flexibility index (Phi) is 8.18. The summed E-state index contributed by atoms with van der Waals surface area (Å²) in [5.74, 6) is -0.205. The highest BCUT2D eigenvalue weighted by Crippen LogP contribution is 2.38. The molecule has 4 rings (SSSR count). The molecule has 2 aliphatic heterocycles. The molecule has 0 saturated carbocycles. The number of hydrogen-bond donors (Lipinski definition) is 1. The van der Waals surface area contributed by atoms with Gasteiger partial charge in [0.2, 0.25) is 10.0 Å². The van der Waals surface area contributed by atoms with Gasteiger partial charge in [-0.25, -0.2) is 13.2 Å². The molecule has 3 heterocycles. The first-order valence-electron chi connectivity index (χ1n) is 12.6. The summed E-state index contributed by atoms with van der Waals surface area (Å²) < 4.78 is 33.2. The molecule has 10 heteroatoms. The molecule has 0 bridgehead atoms. The van der Waals surface area contributed by atoms with Crippen LogP contribution in [0.2, 0.25) is 0 Å². The van der Waals surface area contributed by atoms with Crippen LogP contribution in [-0.2, 0) is 27.7 Å². The second kappa shape index (κ2) is 11.0. The summed E-state index contributed by atoms with van der Waals surface area (Å²) in [6.07, 6.45) is 1.74. The van der Waals surface area contributed by atoms with Gasteiger partial charge in [0.05, 0.1) is 17.1 Å². The molecule has 1 aromatic carbocycles. The summed E-state index contributed by atoms with van der Waals surface area (Å²) in [5, 5.41) is 3.37. The number of fused-ring (bicyclic) bond motifs is 1. The molecule has 2 aromatic rings. The van der Waals surface area contributed by atoms with Gasteiger partial charge >= 0.3 is 5.97 Å². The Morgan fingerprint density at radius 2 is 1.78 bits per heavy atom. The summed E-state index contributed by atoms with van der Waals surface area (Å²) in [5.41, 5.74) is 1.71. The number of nitrogens with one attached hydrogen (secondary N) is 1. The fourth-order valence-corrected chi connectivity index (χ4v) is 8.09. The first-order valence-corrected chi connectivity index (χ1v) is 14.8. The fraction of sp³-hybridized carbons (Fsp3) is 0.538. The van der Waals surface area contributed by atoms with Crippen molar-refractivity contribution in [3.8, 4) is 0 Å². The van der Waals surface area contributed by atoms with Crippen LogP contribution in [0.4, 0.5) is 5.00 Å². The molecule has 0 unspecified atom stereocenters. The Bertz CT molecular complexity index is 1210. The van der Waals surface area contributed by atoms with Gasteiger partial charge in [-0.15, -0.1) is 11.3 Å². The van der Waals surface area contributed by atoms with E-state index < -0.39 is 21.9 Å². The number of esters is 1. The maximum absolute atomic E-state index is 13.2. The van der Waals surface area contributed by atoms with Crippen molar-refractivity contribution < 1.29 is 22.7 Å². The average Bonchev–Trinajstić information content (AvgIpc) is 3.20. The number of nitrogens with zero attached hydrogens (tertiary/aromatic N) is 2. The number of amides is 1. The molecule has 1 aromatic heterocycles. The first kappa shape index (κ1) is 26.8. The number of likely N-dealkylation sites (N-methyl/N-ethyl adjacent to an activating group) is 1. The Balaban J connectivity index is 1.55. The number of anilines is 1. The van der Waals surface area contributed by atoms with Gasteiger partial charge in [-0.3, -0.25) is 9.69 Å².